The summed E-state index contributed by atoms with van der Waals surface area (Å²) < 4.78 is 2.27. The summed E-state index contributed by atoms with van der Waals surface area (Å²) in [5.74, 6) is 1.31. The van der Waals surface area contributed by atoms with E-state index in [2.05, 4.69) is 21.9 Å². The van der Waals surface area contributed by atoms with Crippen molar-refractivity contribution in [3.05, 3.63) is 46.5 Å². The second-order valence-corrected chi connectivity index (χ2v) is 7.36. The summed E-state index contributed by atoms with van der Waals surface area (Å²) in [6, 6.07) is 6.25. The number of aromatic nitrogens is 3. The van der Waals surface area contributed by atoms with Crippen molar-refractivity contribution in [1.82, 2.24) is 19.4 Å². The van der Waals surface area contributed by atoms with Crippen LogP contribution in [0.25, 0.3) is 11.2 Å². The van der Waals surface area contributed by atoms with Gasteiger partial charge in [-0.15, -0.1) is 0 Å². The maximum Gasteiger partial charge on any atom is 0.227 e. The van der Waals surface area contributed by atoms with Gasteiger partial charge in [0.2, 0.25) is 5.91 Å². The standard InChI is InChI=1S/C19H22N4OS/c1-2-4-17-21-16-5-3-8-20-19(16)23(17)15-6-9-22(12-15)18(24)11-14-7-10-25-13-14/h3,5,7-8,10,13,15H,2,4,6,9,11-12H2,1H3/t15-/m1/s1. The zero-order valence-corrected chi connectivity index (χ0v) is 15.2. The van der Waals surface area contributed by atoms with Crippen LogP contribution in [0.3, 0.4) is 0 Å². The molecule has 0 bridgehead atoms. The molecule has 1 atom stereocenters. The molecule has 0 aliphatic carbocycles. The van der Waals surface area contributed by atoms with Crippen LogP contribution in [0.2, 0.25) is 0 Å². The molecular weight excluding hydrogens is 332 g/mol. The molecule has 0 aromatic carbocycles. The van der Waals surface area contributed by atoms with E-state index >= 15 is 0 Å². The van der Waals surface area contributed by atoms with E-state index < -0.39 is 0 Å². The molecule has 0 spiro atoms. The lowest BCUT2D eigenvalue weighted by molar-refractivity contribution is -0.129. The molecule has 1 fully saturated rings. The summed E-state index contributed by atoms with van der Waals surface area (Å²) in [7, 11) is 0. The highest BCUT2D eigenvalue weighted by molar-refractivity contribution is 7.08. The average Bonchev–Trinajstić information content (AvgIpc) is 3.33. The molecule has 0 radical (unpaired) electrons. The first-order chi connectivity index (χ1) is 12.3. The van der Waals surface area contributed by atoms with Crippen LogP contribution in [0.1, 0.15) is 37.2 Å². The summed E-state index contributed by atoms with van der Waals surface area (Å²) in [6.07, 6.45) is 5.28. The molecule has 5 nitrogen and oxygen atoms in total. The third-order valence-corrected chi connectivity index (χ3v) is 5.54. The molecule has 4 rings (SSSR count). The Morgan fingerprint density at radius 2 is 2.32 bits per heavy atom. The summed E-state index contributed by atoms with van der Waals surface area (Å²) >= 11 is 1.64. The molecule has 130 valence electrons. The lowest BCUT2D eigenvalue weighted by atomic mass is 10.2. The first kappa shape index (κ1) is 16.3. The molecule has 3 aromatic heterocycles. The number of hydrogen-bond acceptors (Lipinski definition) is 4. The molecule has 0 unspecified atom stereocenters. The largest absolute Gasteiger partial charge is 0.340 e. The maximum atomic E-state index is 12.6. The van der Waals surface area contributed by atoms with Crippen LogP contribution in [0, 0.1) is 0 Å². The normalized spacial score (nSPS) is 17.5. The van der Waals surface area contributed by atoms with Crippen molar-refractivity contribution in [3.63, 3.8) is 0 Å². The third-order valence-electron chi connectivity index (χ3n) is 4.81. The van der Waals surface area contributed by atoms with Crippen LogP contribution in [0.5, 0.6) is 0 Å². The van der Waals surface area contributed by atoms with Crippen LogP contribution >= 0.6 is 11.3 Å². The minimum atomic E-state index is 0.218. The zero-order valence-electron chi connectivity index (χ0n) is 14.4. The third kappa shape index (κ3) is 3.18. The van der Waals surface area contributed by atoms with Crippen LogP contribution in [-0.4, -0.2) is 38.4 Å². The van der Waals surface area contributed by atoms with Gasteiger partial charge >= 0.3 is 0 Å². The van der Waals surface area contributed by atoms with Gasteiger partial charge in [-0.3, -0.25) is 4.79 Å². The maximum absolute atomic E-state index is 12.6. The second-order valence-electron chi connectivity index (χ2n) is 6.58. The van der Waals surface area contributed by atoms with Gasteiger partial charge in [0.1, 0.15) is 11.3 Å². The second kappa shape index (κ2) is 6.96. The number of hydrogen-bond donors (Lipinski definition) is 0. The topological polar surface area (TPSA) is 51.0 Å². The van der Waals surface area contributed by atoms with E-state index in [-0.39, 0.29) is 11.9 Å². The van der Waals surface area contributed by atoms with Crippen molar-refractivity contribution in [2.75, 3.05) is 13.1 Å². The molecule has 4 heterocycles. The fourth-order valence-electron chi connectivity index (χ4n) is 3.62. The number of nitrogens with zero attached hydrogens (tertiary/aromatic N) is 4. The van der Waals surface area contributed by atoms with Crippen LogP contribution < -0.4 is 0 Å². The van der Waals surface area contributed by atoms with Gasteiger partial charge in [0.25, 0.3) is 0 Å². The number of aryl methyl sites for hydroxylation is 1. The number of imidazole rings is 1. The number of pyridine rings is 1. The molecule has 25 heavy (non-hydrogen) atoms. The molecule has 1 aliphatic rings. The number of carbonyl (C=O) groups is 1. The highest BCUT2D eigenvalue weighted by Crippen LogP contribution is 2.28. The number of fused-ring (bicyclic) bond motifs is 1. The lowest BCUT2D eigenvalue weighted by Gasteiger charge is -2.18. The van der Waals surface area contributed by atoms with E-state index in [1.54, 1.807) is 11.3 Å². The van der Waals surface area contributed by atoms with Crippen molar-refractivity contribution in [2.24, 2.45) is 0 Å². The van der Waals surface area contributed by atoms with Crippen molar-refractivity contribution in [1.29, 1.82) is 0 Å². The van der Waals surface area contributed by atoms with Gasteiger partial charge < -0.3 is 9.47 Å². The predicted octanol–water partition coefficient (Wildman–Crippen LogP) is 3.46. The molecule has 1 amide bonds. The fraction of sp³-hybridized carbons (Fsp3) is 0.421. The molecule has 0 N–H and O–H groups in total. The summed E-state index contributed by atoms with van der Waals surface area (Å²) in [5.41, 5.74) is 3.01. The Balaban J connectivity index is 1.56. The van der Waals surface area contributed by atoms with Crippen LogP contribution in [0.4, 0.5) is 0 Å². The van der Waals surface area contributed by atoms with E-state index in [4.69, 9.17) is 4.98 Å². The first-order valence-electron chi connectivity index (χ1n) is 8.87. The van der Waals surface area contributed by atoms with E-state index in [0.29, 0.717) is 6.42 Å². The van der Waals surface area contributed by atoms with E-state index in [1.807, 2.05) is 34.7 Å². The monoisotopic (exact) mass is 354 g/mol. The van der Waals surface area contributed by atoms with Gasteiger partial charge in [-0.1, -0.05) is 6.92 Å². The summed E-state index contributed by atoms with van der Waals surface area (Å²) in [4.78, 5) is 23.9. The van der Waals surface area contributed by atoms with E-state index in [1.165, 1.54) is 0 Å². The summed E-state index contributed by atoms with van der Waals surface area (Å²) in [5, 5.41) is 4.08. The van der Waals surface area contributed by atoms with Gasteiger partial charge in [-0.2, -0.15) is 11.3 Å². The Morgan fingerprint density at radius 3 is 3.12 bits per heavy atom. The fourth-order valence-corrected chi connectivity index (χ4v) is 4.29. The van der Waals surface area contributed by atoms with Crippen LogP contribution in [-0.2, 0) is 17.6 Å². The average molecular weight is 354 g/mol. The van der Waals surface area contributed by atoms with Gasteiger partial charge in [-0.05, 0) is 47.4 Å². The van der Waals surface area contributed by atoms with Crippen molar-refractivity contribution >= 4 is 28.4 Å². The van der Waals surface area contributed by atoms with E-state index in [9.17, 15) is 4.79 Å². The first-order valence-corrected chi connectivity index (χ1v) is 9.81. The zero-order chi connectivity index (χ0) is 17.2. The van der Waals surface area contributed by atoms with Crippen molar-refractivity contribution in [2.45, 2.75) is 38.6 Å². The minimum Gasteiger partial charge on any atom is -0.340 e. The predicted molar refractivity (Wildman–Crippen MR) is 99.8 cm³/mol. The number of rotatable bonds is 5. The lowest BCUT2D eigenvalue weighted by Crippen LogP contribution is -2.30. The summed E-state index contributed by atoms with van der Waals surface area (Å²) in [6.45, 7) is 3.73. The molecule has 6 heteroatoms. The number of likely N-dealkylation sites (tertiary alicyclic amines) is 1. The molecule has 3 aromatic rings. The Labute approximate surface area is 151 Å². The Morgan fingerprint density at radius 1 is 1.40 bits per heavy atom. The van der Waals surface area contributed by atoms with Gasteiger partial charge in [0.05, 0.1) is 12.5 Å². The Hall–Kier alpha value is -2.21. The van der Waals surface area contributed by atoms with Gasteiger partial charge in [-0.25, -0.2) is 9.97 Å². The molecule has 0 saturated carbocycles. The van der Waals surface area contributed by atoms with Crippen molar-refractivity contribution < 1.29 is 4.79 Å². The highest BCUT2D eigenvalue weighted by atomic mass is 32.1. The SMILES string of the molecule is CCCc1nc2cccnc2n1[C@@H]1CCN(C(=O)Cc2ccsc2)C1. The molecular formula is C19H22N4OS. The minimum absolute atomic E-state index is 0.218. The quantitative estimate of drug-likeness (QED) is 0.705. The molecule has 1 aliphatic heterocycles. The Kier molecular flexibility index (Phi) is 4.53. The van der Waals surface area contributed by atoms with Gasteiger partial charge in [0, 0.05) is 25.7 Å². The number of thiophene rings is 1. The van der Waals surface area contributed by atoms with Crippen molar-refractivity contribution in [3.8, 4) is 0 Å². The van der Waals surface area contributed by atoms with Gasteiger partial charge in [0.15, 0.2) is 5.65 Å². The Bertz CT molecular complexity index is 871. The van der Waals surface area contributed by atoms with Crippen LogP contribution in [0.15, 0.2) is 35.2 Å². The number of carbonyl (C=O) groups excluding carboxylic acids is 1. The smallest absolute Gasteiger partial charge is 0.227 e. The molecule has 1 saturated heterocycles. The highest BCUT2D eigenvalue weighted by Gasteiger charge is 2.30. The van der Waals surface area contributed by atoms with E-state index in [0.717, 1.165) is 54.9 Å². The number of amides is 1.